The summed E-state index contributed by atoms with van der Waals surface area (Å²) in [6.45, 7) is 2.06. The summed E-state index contributed by atoms with van der Waals surface area (Å²) < 4.78 is 0. The normalized spacial score (nSPS) is 35.9. The molecule has 0 aromatic rings. The first-order valence-corrected chi connectivity index (χ1v) is 6.48. The Balaban J connectivity index is 1.70. The van der Waals surface area contributed by atoms with E-state index in [4.69, 9.17) is 5.73 Å². The Kier molecular flexibility index (Phi) is 4.21. The van der Waals surface area contributed by atoms with Crippen molar-refractivity contribution in [1.82, 2.24) is 5.32 Å². The van der Waals surface area contributed by atoms with Gasteiger partial charge in [-0.15, -0.1) is 0 Å². The Hall–Kier alpha value is -0.340. The van der Waals surface area contributed by atoms with E-state index >= 15 is 0 Å². The molecule has 2 nitrogen and oxygen atoms in total. The molecule has 1 saturated carbocycles. The van der Waals surface area contributed by atoms with E-state index in [1.54, 1.807) is 0 Å². The first-order chi connectivity index (χ1) is 7.40. The zero-order valence-corrected chi connectivity index (χ0v) is 9.62. The first kappa shape index (κ1) is 11.2. The van der Waals surface area contributed by atoms with Gasteiger partial charge in [-0.2, -0.15) is 0 Å². The lowest BCUT2D eigenvalue weighted by molar-refractivity contribution is 0.356. The summed E-state index contributed by atoms with van der Waals surface area (Å²) in [5.41, 5.74) is 5.78. The van der Waals surface area contributed by atoms with Gasteiger partial charge in [0.2, 0.25) is 0 Å². The second kappa shape index (κ2) is 5.66. The molecule has 3 N–H and O–H groups in total. The first-order valence-electron chi connectivity index (χ1n) is 6.48. The van der Waals surface area contributed by atoms with Crippen LogP contribution in [0.4, 0.5) is 0 Å². The van der Waals surface area contributed by atoms with Gasteiger partial charge >= 0.3 is 0 Å². The van der Waals surface area contributed by atoms with Crippen LogP contribution in [-0.2, 0) is 0 Å². The van der Waals surface area contributed by atoms with Crippen LogP contribution in [-0.4, -0.2) is 19.1 Å². The molecule has 0 aromatic carbocycles. The molecule has 3 unspecified atom stereocenters. The highest BCUT2D eigenvalue weighted by Gasteiger charge is 2.26. The average molecular weight is 208 g/mol. The maximum Gasteiger partial charge on any atom is 0.0107 e. The number of hydrogen-bond donors (Lipinski definition) is 2. The molecule has 15 heavy (non-hydrogen) atoms. The van der Waals surface area contributed by atoms with Crippen LogP contribution in [0, 0.1) is 11.8 Å². The second-order valence-corrected chi connectivity index (χ2v) is 5.09. The molecule has 86 valence electrons. The largest absolute Gasteiger partial charge is 0.330 e. The van der Waals surface area contributed by atoms with Crippen molar-refractivity contribution in [2.75, 3.05) is 13.1 Å². The summed E-state index contributed by atoms with van der Waals surface area (Å²) in [6, 6.07) is 0.709. The van der Waals surface area contributed by atoms with Crippen molar-refractivity contribution >= 4 is 0 Å². The number of hydrogen-bond acceptors (Lipinski definition) is 2. The fourth-order valence-corrected chi connectivity index (χ4v) is 2.95. The van der Waals surface area contributed by atoms with E-state index in [1.165, 1.54) is 45.1 Å². The van der Waals surface area contributed by atoms with Crippen molar-refractivity contribution in [3.63, 3.8) is 0 Å². The van der Waals surface area contributed by atoms with Crippen molar-refractivity contribution in [2.45, 2.75) is 44.6 Å². The highest BCUT2D eigenvalue weighted by molar-refractivity contribution is 4.92. The van der Waals surface area contributed by atoms with Gasteiger partial charge in [-0.1, -0.05) is 18.6 Å². The van der Waals surface area contributed by atoms with Crippen LogP contribution < -0.4 is 11.1 Å². The molecule has 0 amide bonds. The molecule has 2 heteroatoms. The van der Waals surface area contributed by atoms with Gasteiger partial charge in [0, 0.05) is 6.04 Å². The summed E-state index contributed by atoms with van der Waals surface area (Å²) in [5.74, 6) is 1.61. The van der Waals surface area contributed by atoms with E-state index in [-0.39, 0.29) is 0 Å². The van der Waals surface area contributed by atoms with E-state index in [2.05, 4.69) is 17.5 Å². The minimum Gasteiger partial charge on any atom is -0.330 e. The van der Waals surface area contributed by atoms with Gasteiger partial charge in [0.05, 0.1) is 0 Å². The van der Waals surface area contributed by atoms with Crippen molar-refractivity contribution in [1.29, 1.82) is 0 Å². The van der Waals surface area contributed by atoms with E-state index < -0.39 is 0 Å². The topological polar surface area (TPSA) is 38.0 Å². The third-order valence-electron chi connectivity index (χ3n) is 4.01. The van der Waals surface area contributed by atoms with Crippen molar-refractivity contribution < 1.29 is 0 Å². The highest BCUT2D eigenvalue weighted by Crippen LogP contribution is 2.25. The Morgan fingerprint density at radius 3 is 2.87 bits per heavy atom. The van der Waals surface area contributed by atoms with Crippen LogP contribution in [0.1, 0.15) is 38.5 Å². The van der Waals surface area contributed by atoms with E-state index in [9.17, 15) is 0 Å². The Labute approximate surface area is 93.3 Å². The van der Waals surface area contributed by atoms with Crippen LogP contribution in [0.3, 0.4) is 0 Å². The predicted molar refractivity (Wildman–Crippen MR) is 64.7 cm³/mol. The fourth-order valence-electron chi connectivity index (χ4n) is 2.95. The van der Waals surface area contributed by atoms with E-state index in [1.807, 2.05) is 0 Å². The third kappa shape index (κ3) is 3.05. The third-order valence-corrected chi connectivity index (χ3v) is 4.01. The molecule has 0 radical (unpaired) electrons. The minimum absolute atomic E-state index is 0.709. The summed E-state index contributed by atoms with van der Waals surface area (Å²) in [7, 11) is 0. The summed E-state index contributed by atoms with van der Waals surface area (Å²) in [6.07, 6.45) is 12.6. The number of rotatable bonds is 4. The molecule has 2 aliphatic carbocycles. The van der Waals surface area contributed by atoms with Gasteiger partial charge in [-0.3, -0.25) is 0 Å². The molecule has 0 saturated heterocycles. The molecule has 0 bridgehead atoms. The van der Waals surface area contributed by atoms with Gasteiger partial charge < -0.3 is 11.1 Å². The number of nitrogens with two attached hydrogens (primary N) is 1. The Morgan fingerprint density at radius 1 is 1.20 bits per heavy atom. The quantitative estimate of drug-likeness (QED) is 0.694. The molecule has 2 rings (SSSR count). The van der Waals surface area contributed by atoms with Gasteiger partial charge in [0.15, 0.2) is 0 Å². The summed E-state index contributed by atoms with van der Waals surface area (Å²) in [5, 5.41) is 3.74. The smallest absolute Gasteiger partial charge is 0.0107 e. The lowest BCUT2D eigenvalue weighted by Gasteiger charge is -2.24. The molecule has 1 fully saturated rings. The van der Waals surface area contributed by atoms with Crippen molar-refractivity contribution in [2.24, 2.45) is 17.6 Å². The fraction of sp³-hybridized carbons (Fsp3) is 0.846. The molecular weight excluding hydrogens is 184 g/mol. The standard InChI is InChI=1S/C13H24N2/c14-9-12-7-4-8-13(12)15-10-11-5-2-1-3-6-11/h1-2,11-13,15H,3-10,14H2. The van der Waals surface area contributed by atoms with Gasteiger partial charge in [0.1, 0.15) is 0 Å². The van der Waals surface area contributed by atoms with Gasteiger partial charge in [-0.05, 0) is 57.0 Å². The van der Waals surface area contributed by atoms with Crippen LogP contribution in [0.5, 0.6) is 0 Å². The molecule has 0 aliphatic heterocycles. The Morgan fingerprint density at radius 2 is 2.13 bits per heavy atom. The molecule has 0 heterocycles. The minimum atomic E-state index is 0.709. The molecule has 0 spiro atoms. The predicted octanol–water partition coefficient (Wildman–Crippen LogP) is 2.06. The molecule has 2 aliphatic rings. The maximum atomic E-state index is 5.78. The second-order valence-electron chi connectivity index (χ2n) is 5.09. The number of allylic oxidation sites excluding steroid dienone is 2. The average Bonchev–Trinajstić information content (AvgIpc) is 2.75. The SMILES string of the molecule is NCC1CCCC1NCC1CC=CCC1. The zero-order chi connectivity index (χ0) is 10.5. The van der Waals surface area contributed by atoms with Gasteiger partial charge in [0.25, 0.3) is 0 Å². The molecular formula is C13H24N2. The van der Waals surface area contributed by atoms with Crippen LogP contribution in [0.25, 0.3) is 0 Å². The van der Waals surface area contributed by atoms with E-state index in [0.29, 0.717) is 6.04 Å². The van der Waals surface area contributed by atoms with E-state index in [0.717, 1.165) is 18.4 Å². The Bertz CT molecular complexity index is 213. The van der Waals surface area contributed by atoms with Crippen LogP contribution in [0.15, 0.2) is 12.2 Å². The number of nitrogens with one attached hydrogen (secondary N) is 1. The van der Waals surface area contributed by atoms with Gasteiger partial charge in [-0.25, -0.2) is 0 Å². The highest BCUT2D eigenvalue weighted by atomic mass is 14.9. The molecule has 0 aromatic heterocycles. The monoisotopic (exact) mass is 208 g/mol. The summed E-state index contributed by atoms with van der Waals surface area (Å²) in [4.78, 5) is 0. The lowest BCUT2D eigenvalue weighted by atomic mass is 9.93. The lowest BCUT2D eigenvalue weighted by Crippen LogP contribution is -2.38. The zero-order valence-electron chi connectivity index (χ0n) is 9.62. The maximum absolute atomic E-state index is 5.78. The molecule has 3 atom stereocenters. The summed E-state index contributed by atoms with van der Waals surface area (Å²) >= 11 is 0. The van der Waals surface area contributed by atoms with Crippen LogP contribution in [0.2, 0.25) is 0 Å². The van der Waals surface area contributed by atoms with Crippen LogP contribution >= 0.6 is 0 Å². The van der Waals surface area contributed by atoms with Crippen molar-refractivity contribution in [3.8, 4) is 0 Å². The van der Waals surface area contributed by atoms with Crippen molar-refractivity contribution in [3.05, 3.63) is 12.2 Å².